The highest BCUT2D eigenvalue weighted by Gasteiger charge is 2.26. The van der Waals surface area contributed by atoms with Gasteiger partial charge in [0.2, 0.25) is 0 Å². The molecule has 1 fully saturated rings. The monoisotopic (exact) mass is 252 g/mol. The van der Waals surface area contributed by atoms with Crippen LogP contribution in [0.1, 0.15) is 19.4 Å². The van der Waals surface area contributed by atoms with E-state index >= 15 is 0 Å². The van der Waals surface area contributed by atoms with Crippen LogP contribution < -0.4 is 4.90 Å². The quantitative estimate of drug-likeness (QED) is 0.770. The number of nitriles is 1. The van der Waals surface area contributed by atoms with Gasteiger partial charge >= 0.3 is 0 Å². The lowest BCUT2D eigenvalue weighted by Gasteiger charge is -2.37. The van der Waals surface area contributed by atoms with Crippen LogP contribution in [-0.2, 0) is 4.74 Å². The number of benzene rings is 1. The molecular weight excluding hydrogens is 238 g/mol. The number of halogens is 2. The fourth-order valence-corrected chi connectivity index (χ4v) is 2.29. The van der Waals surface area contributed by atoms with E-state index in [1.54, 1.807) is 11.0 Å². The van der Waals surface area contributed by atoms with Gasteiger partial charge in [-0.25, -0.2) is 8.78 Å². The van der Waals surface area contributed by atoms with Crippen LogP contribution in [0.15, 0.2) is 12.1 Å². The van der Waals surface area contributed by atoms with Crippen LogP contribution >= 0.6 is 0 Å². The number of rotatable bonds is 1. The molecule has 0 aliphatic carbocycles. The van der Waals surface area contributed by atoms with Gasteiger partial charge in [0.15, 0.2) is 11.6 Å². The molecule has 0 aromatic heterocycles. The van der Waals surface area contributed by atoms with Crippen molar-refractivity contribution in [2.45, 2.75) is 26.1 Å². The molecule has 96 valence electrons. The first-order valence-corrected chi connectivity index (χ1v) is 5.80. The van der Waals surface area contributed by atoms with Gasteiger partial charge in [0, 0.05) is 13.1 Å². The van der Waals surface area contributed by atoms with Crippen molar-refractivity contribution in [3.63, 3.8) is 0 Å². The molecule has 1 aliphatic rings. The van der Waals surface area contributed by atoms with E-state index in [4.69, 9.17) is 10.00 Å². The normalized spacial score (nSPS) is 23.8. The third-order valence-corrected chi connectivity index (χ3v) is 2.88. The van der Waals surface area contributed by atoms with E-state index in [0.717, 1.165) is 12.1 Å². The number of hydrogen-bond donors (Lipinski definition) is 0. The van der Waals surface area contributed by atoms with Gasteiger partial charge in [-0.1, -0.05) is 0 Å². The Morgan fingerprint density at radius 3 is 2.17 bits per heavy atom. The molecule has 0 saturated carbocycles. The Balaban J connectivity index is 2.36. The maximum absolute atomic E-state index is 13.9. The van der Waals surface area contributed by atoms with Gasteiger partial charge in [-0.2, -0.15) is 5.26 Å². The predicted molar refractivity (Wildman–Crippen MR) is 63.3 cm³/mol. The molecule has 0 spiro atoms. The summed E-state index contributed by atoms with van der Waals surface area (Å²) in [5.74, 6) is -1.40. The molecule has 18 heavy (non-hydrogen) atoms. The van der Waals surface area contributed by atoms with Crippen molar-refractivity contribution in [1.82, 2.24) is 0 Å². The molecular formula is C13H14F2N2O. The maximum Gasteiger partial charge on any atom is 0.150 e. The van der Waals surface area contributed by atoms with E-state index in [1.807, 2.05) is 13.8 Å². The summed E-state index contributed by atoms with van der Waals surface area (Å²) in [6.07, 6.45) is -0.161. The molecule has 1 heterocycles. The number of hydrogen-bond acceptors (Lipinski definition) is 3. The van der Waals surface area contributed by atoms with Gasteiger partial charge in [0.1, 0.15) is 5.69 Å². The smallest absolute Gasteiger partial charge is 0.150 e. The highest BCUT2D eigenvalue weighted by molar-refractivity contribution is 5.53. The van der Waals surface area contributed by atoms with Gasteiger partial charge in [-0.05, 0) is 26.0 Å². The van der Waals surface area contributed by atoms with Gasteiger partial charge in [-0.15, -0.1) is 0 Å². The molecule has 2 rings (SSSR count). The highest BCUT2D eigenvalue weighted by Crippen LogP contribution is 2.27. The Labute approximate surface area is 105 Å². The summed E-state index contributed by atoms with van der Waals surface area (Å²) in [7, 11) is 0. The van der Waals surface area contributed by atoms with Crippen molar-refractivity contribution in [2.75, 3.05) is 18.0 Å². The van der Waals surface area contributed by atoms with Crippen molar-refractivity contribution in [1.29, 1.82) is 5.26 Å². The highest BCUT2D eigenvalue weighted by atomic mass is 19.1. The minimum absolute atomic E-state index is 0.0110. The molecule has 1 aromatic carbocycles. The second kappa shape index (κ2) is 4.91. The van der Waals surface area contributed by atoms with Crippen LogP contribution in [-0.4, -0.2) is 25.3 Å². The van der Waals surface area contributed by atoms with Crippen LogP contribution in [0.3, 0.4) is 0 Å². The predicted octanol–water partition coefficient (Wildman–Crippen LogP) is 2.45. The Morgan fingerprint density at radius 2 is 1.72 bits per heavy atom. The van der Waals surface area contributed by atoms with Crippen molar-refractivity contribution >= 4 is 5.69 Å². The summed E-state index contributed by atoms with van der Waals surface area (Å²) in [5.41, 5.74) is -0.0842. The molecule has 0 radical (unpaired) electrons. The fraction of sp³-hybridized carbons (Fsp3) is 0.462. The summed E-state index contributed by atoms with van der Waals surface area (Å²) in [6, 6.07) is 3.85. The topological polar surface area (TPSA) is 36.3 Å². The molecule has 0 unspecified atom stereocenters. The van der Waals surface area contributed by atoms with Crippen LogP contribution in [0.2, 0.25) is 0 Å². The third kappa shape index (κ3) is 2.44. The number of nitrogens with zero attached hydrogens (tertiary/aromatic N) is 2. The summed E-state index contributed by atoms with van der Waals surface area (Å²) < 4.78 is 33.2. The summed E-state index contributed by atoms with van der Waals surface area (Å²) in [6.45, 7) is 4.60. The lowest BCUT2D eigenvalue weighted by molar-refractivity contribution is -0.00558. The molecule has 1 aromatic rings. The van der Waals surface area contributed by atoms with Gasteiger partial charge < -0.3 is 9.64 Å². The summed E-state index contributed by atoms with van der Waals surface area (Å²) in [5, 5.41) is 8.65. The number of morpholine rings is 1. The Hall–Kier alpha value is -1.67. The summed E-state index contributed by atoms with van der Waals surface area (Å²) in [4.78, 5) is 1.63. The van der Waals surface area contributed by atoms with E-state index in [0.29, 0.717) is 13.1 Å². The molecule has 2 atom stereocenters. The van der Waals surface area contributed by atoms with E-state index in [1.165, 1.54) is 0 Å². The second-order valence-corrected chi connectivity index (χ2v) is 4.56. The van der Waals surface area contributed by atoms with Crippen molar-refractivity contribution < 1.29 is 13.5 Å². The van der Waals surface area contributed by atoms with E-state index in [2.05, 4.69) is 0 Å². The Morgan fingerprint density at radius 1 is 1.22 bits per heavy atom. The first-order chi connectivity index (χ1) is 8.51. The minimum atomic E-state index is -0.701. The zero-order chi connectivity index (χ0) is 13.3. The van der Waals surface area contributed by atoms with Crippen molar-refractivity contribution in [2.24, 2.45) is 0 Å². The average Bonchev–Trinajstić information content (AvgIpc) is 2.26. The standard InChI is InChI=1S/C13H14F2N2O/c1-8-6-17(7-9(2)18-8)13-11(14)3-10(5-16)4-12(13)15/h3-4,8-9H,6-7H2,1-2H3/t8-,9+. The van der Waals surface area contributed by atoms with E-state index in [9.17, 15) is 8.78 Å². The fourth-order valence-electron chi connectivity index (χ4n) is 2.29. The van der Waals surface area contributed by atoms with Crippen molar-refractivity contribution in [3.05, 3.63) is 29.3 Å². The Bertz CT molecular complexity index is 465. The molecule has 0 amide bonds. The molecule has 0 bridgehead atoms. The van der Waals surface area contributed by atoms with Crippen LogP contribution in [0.4, 0.5) is 14.5 Å². The summed E-state index contributed by atoms with van der Waals surface area (Å²) >= 11 is 0. The van der Waals surface area contributed by atoms with Crippen LogP contribution in [0, 0.1) is 23.0 Å². The van der Waals surface area contributed by atoms with Gasteiger partial charge in [0.05, 0.1) is 23.8 Å². The zero-order valence-electron chi connectivity index (χ0n) is 10.3. The van der Waals surface area contributed by atoms with E-state index in [-0.39, 0.29) is 23.5 Å². The molecule has 0 N–H and O–H groups in total. The molecule has 1 aliphatic heterocycles. The first kappa shape index (κ1) is 12.8. The van der Waals surface area contributed by atoms with Gasteiger partial charge in [0.25, 0.3) is 0 Å². The lowest BCUT2D eigenvalue weighted by Crippen LogP contribution is -2.46. The van der Waals surface area contributed by atoms with Crippen LogP contribution in [0.25, 0.3) is 0 Å². The average molecular weight is 252 g/mol. The maximum atomic E-state index is 13.9. The third-order valence-electron chi connectivity index (χ3n) is 2.88. The van der Waals surface area contributed by atoms with Crippen molar-refractivity contribution in [3.8, 4) is 6.07 Å². The first-order valence-electron chi connectivity index (χ1n) is 5.80. The molecule has 1 saturated heterocycles. The largest absolute Gasteiger partial charge is 0.372 e. The number of anilines is 1. The molecule has 3 nitrogen and oxygen atoms in total. The number of ether oxygens (including phenoxy) is 1. The SMILES string of the molecule is C[C@@H]1CN(c2c(F)cc(C#N)cc2F)C[C@H](C)O1. The van der Waals surface area contributed by atoms with Gasteiger partial charge in [-0.3, -0.25) is 0 Å². The second-order valence-electron chi connectivity index (χ2n) is 4.56. The lowest BCUT2D eigenvalue weighted by atomic mass is 10.1. The van der Waals surface area contributed by atoms with E-state index < -0.39 is 11.6 Å². The minimum Gasteiger partial charge on any atom is -0.372 e. The molecule has 5 heteroatoms. The Kier molecular flexibility index (Phi) is 3.48. The van der Waals surface area contributed by atoms with Crippen LogP contribution in [0.5, 0.6) is 0 Å². The zero-order valence-corrected chi connectivity index (χ0v) is 10.3.